The molecular weight excluding hydrogens is 212 g/mol. The second kappa shape index (κ2) is 3.38. The molecule has 0 spiro atoms. The van der Waals surface area contributed by atoms with E-state index in [9.17, 15) is 4.79 Å². The van der Waals surface area contributed by atoms with Crippen molar-refractivity contribution in [1.29, 1.82) is 0 Å². The third kappa shape index (κ3) is 1.55. The molecule has 0 radical (unpaired) electrons. The van der Waals surface area contributed by atoms with Gasteiger partial charge in [-0.2, -0.15) is 0 Å². The quantitative estimate of drug-likeness (QED) is 0.684. The van der Waals surface area contributed by atoms with Crippen molar-refractivity contribution in [2.75, 3.05) is 0 Å². The Bertz CT molecular complexity index is 597. The van der Waals surface area contributed by atoms with Gasteiger partial charge in [-0.1, -0.05) is 11.6 Å². The first kappa shape index (κ1) is 10.2. The van der Waals surface area contributed by atoms with Crippen LogP contribution in [0, 0.1) is 20.8 Å². The number of benzene rings is 1. The Kier molecular flexibility index (Phi) is 2.31. The summed E-state index contributed by atoms with van der Waals surface area (Å²) in [6.45, 7) is 5.50. The van der Waals surface area contributed by atoms with Crippen LogP contribution in [-0.2, 0) is 0 Å². The number of aryl methyl sites for hydroxylation is 3. The molecule has 0 saturated carbocycles. The normalized spacial score (nSPS) is 10.9. The van der Waals surface area contributed by atoms with Crippen LogP contribution in [0.15, 0.2) is 21.3 Å². The summed E-state index contributed by atoms with van der Waals surface area (Å²) < 4.78 is 5.50. The fourth-order valence-electron chi connectivity index (χ4n) is 1.77. The molecule has 3 heteroatoms. The predicted molar refractivity (Wildman–Crippen MR) is 61.7 cm³/mol. The first-order chi connectivity index (χ1) is 7.00. The fourth-order valence-corrected chi connectivity index (χ4v) is 1.92. The maximum Gasteiger partial charge on any atom is 0.193 e. The minimum Gasteiger partial charge on any atom is -0.461 e. The summed E-state index contributed by atoms with van der Waals surface area (Å²) in [6, 6.07) is 3.29. The molecule has 1 aromatic heterocycles. The molecule has 1 heterocycles. The van der Waals surface area contributed by atoms with Crippen LogP contribution in [0.1, 0.15) is 16.9 Å². The maximum absolute atomic E-state index is 11.8. The summed E-state index contributed by atoms with van der Waals surface area (Å²) >= 11 is 6.09. The largest absolute Gasteiger partial charge is 0.461 e. The van der Waals surface area contributed by atoms with Crippen molar-refractivity contribution < 1.29 is 4.42 Å². The molecule has 0 aliphatic rings. The van der Waals surface area contributed by atoms with Gasteiger partial charge in [0.2, 0.25) is 0 Å². The molecule has 0 aliphatic heterocycles. The monoisotopic (exact) mass is 222 g/mol. The van der Waals surface area contributed by atoms with Crippen LogP contribution in [0.4, 0.5) is 0 Å². The van der Waals surface area contributed by atoms with E-state index in [0.717, 1.165) is 11.1 Å². The lowest BCUT2D eigenvalue weighted by Crippen LogP contribution is -2.03. The maximum atomic E-state index is 11.8. The van der Waals surface area contributed by atoms with Gasteiger partial charge in [-0.25, -0.2) is 0 Å². The molecule has 2 rings (SSSR count). The number of rotatable bonds is 0. The van der Waals surface area contributed by atoms with E-state index in [4.69, 9.17) is 16.0 Å². The highest BCUT2D eigenvalue weighted by Gasteiger charge is 2.10. The number of hydrogen-bond donors (Lipinski definition) is 0. The molecule has 0 atom stereocenters. The van der Waals surface area contributed by atoms with E-state index >= 15 is 0 Å². The van der Waals surface area contributed by atoms with Crippen LogP contribution in [0.25, 0.3) is 11.0 Å². The third-order valence-corrected chi connectivity index (χ3v) is 3.08. The van der Waals surface area contributed by atoms with Crippen molar-refractivity contribution in [2.24, 2.45) is 0 Å². The van der Waals surface area contributed by atoms with Crippen molar-refractivity contribution in [3.8, 4) is 0 Å². The highest BCUT2D eigenvalue weighted by molar-refractivity contribution is 6.33. The Balaban J connectivity index is 3.06. The van der Waals surface area contributed by atoms with E-state index in [1.807, 2.05) is 13.8 Å². The third-order valence-electron chi connectivity index (χ3n) is 2.50. The van der Waals surface area contributed by atoms with E-state index in [2.05, 4.69) is 0 Å². The van der Waals surface area contributed by atoms with Crippen LogP contribution in [0.5, 0.6) is 0 Å². The summed E-state index contributed by atoms with van der Waals surface area (Å²) in [4.78, 5) is 11.8. The molecule has 78 valence electrons. The Labute approximate surface area is 92.5 Å². The molecule has 0 N–H and O–H groups in total. The lowest BCUT2D eigenvalue weighted by atomic mass is 10.1. The molecular formula is C12H11ClO2. The molecule has 0 fully saturated rings. The van der Waals surface area contributed by atoms with Gasteiger partial charge in [0.15, 0.2) is 5.43 Å². The molecule has 0 aliphatic carbocycles. The summed E-state index contributed by atoms with van der Waals surface area (Å²) in [5, 5.41) is 1.22. The second-order valence-electron chi connectivity index (χ2n) is 3.73. The first-order valence-corrected chi connectivity index (χ1v) is 5.08. The minimum absolute atomic E-state index is 0.0341. The molecule has 15 heavy (non-hydrogen) atoms. The van der Waals surface area contributed by atoms with Crippen molar-refractivity contribution in [3.63, 3.8) is 0 Å². The molecule has 0 unspecified atom stereocenters. The smallest absolute Gasteiger partial charge is 0.193 e. The minimum atomic E-state index is -0.0341. The van der Waals surface area contributed by atoms with Crippen molar-refractivity contribution in [2.45, 2.75) is 20.8 Å². The topological polar surface area (TPSA) is 30.2 Å². The van der Waals surface area contributed by atoms with Gasteiger partial charge in [0.05, 0.1) is 5.39 Å². The lowest BCUT2D eigenvalue weighted by Gasteiger charge is -2.06. The van der Waals surface area contributed by atoms with E-state index in [1.54, 1.807) is 13.0 Å². The van der Waals surface area contributed by atoms with Gasteiger partial charge in [-0.15, -0.1) is 0 Å². The van der Waals surface area contributed by atoms with E-state index < -0.39 is 0 Å². The number of halogens is 1. The molecule has 2 nitrogen and oxygen atoms in total. The van der Waals surface area contributed by atoms with Crippen LogP contribution in [0.3, 0.4) is 0 Å². The van der Waals surface area contributed by atoms with Crippen LogP contribution < -0.4 is 5.43 Å². The first-order valence-electron chi connectivity index (χ1n) is 4.71. The Morgan fingerprint density at radius 1 is 1.20 bits per heavy atom. The van der Waals surface area contributed by atoms with Crippen LogP contribution in [0.2, 0.25) is 5.02 Å². The molecule has 2 aromatic rings. The van der Waals surface area contributed by atoms with Gasteiger partial charge in [-0.05, 0) is 38.0 Å². The van der Waals surface area contributed by atoms with Crippen LogP contribution >= 0.6 is 11.6 Å². The van der Waals surface area contributed by atoms with E-state index in [0.29, 0.717) is 21.8 Å². The lowest BCUT2D eigenvalue weighted by molar-refractivity contribution is 0.564. The van der Waals surface area contributed by atoms with Crippen molar-refractivity contribution in [3.05, 3.63) is 44.3 Å². The van der Waals surface area contributed by atoms with Gasteiger partial charge in [0.1, 0.15) is 11.3 Å². The molecule has 0 saturated heterocycles. The summed E-state index contributed by atoms with van der Waals surface area (Å²) in [6.07, 6.45) is 0. The average Bonchev–Trinajstić information content (AvgIpc) is 2.13. The summed E-state index contributed by atoms with van der Waals surface area (Å²) in [7, 11) is 0. The second-order valence-corrected chi connectivity index (χ2v) is 4.10. The van der Waals surface area contributed by atoms with Gasteiger partial charge < -0.3 is 4.42 Å². The Hall–Kier alpha value is -1.28. The van der Waals surface area contributed by atoms with E-state index in [-0.39, 0.29) is 5.43 Å². The standard InChI is InChI=1S/C12H11ClO2/c1-6-4-10-11(8(3)12(6)13)9(14)5-7(2)15-10/h4-5H,1-3H3. The van der Waals surface area contributed by atoms with Gasteiger partial charge >= 0.3 is 0 Å². The highest BCUT2D eigenvalue weighted by Crippen LogP contribution is 2.27. The zero-order valence-corrected chi connectivity index (χ0v) is 9.61. The van der Waals surface area contributed by atoms with E-state index in [1.165, 1.54) is 6.07 Å². The SMILES string of the molecule is Cc1cc(=O)c2c(C)c(Cl)c(C)cc2o1. The zero-order valence-electron chi connectivity index (χ0n) is 8.85. The Morgan fingerprint density at radius 2 is 1.87 bits per heavy atom. The predicted octanol–water partition coefficient (Wildman–Crippen LogP) is 3.37. The number of hydrogen-bond acceptors (Lipinski definition) is 2. The van der Waals surface area contributed by atoms with Crippen molar-refractivity contribution >= 4 is 22.6 Å². The Morgan fingerprint density at radius 3 is 2.53 bits per heavy atom. The molecule has 0 bridgehead atoms. The zero-order chi connectivity index (χ0) is 11.2. The van der Waals surface area contributed by atoms with Gasteiger partial charge in [-0.3, -0.25) is 4.79 Å². The summed E-state index contributed by atoms with van der Waals surface area (Å²) in [5.74, 6) is 0.619. The average molecular weight is 223 g/mol. The number of fused-ring (bicyclic) bond motifs is 1. The van der Waals surface area contributed by atoms with Gasteiger partial charge in [0.25, 0.3) is 0 Å². The summed E-state index contributed by atoms with van der Waals surface area (Å²) in [5.41, 5.74) is 2.29. The van der Waals surface area contributed by atoms with Crippen molar-refractivity contribution in [1.82, 2.24) is 0 Å². The molecule has 1 aromatic carbocycles. The van der Waals surface area contributed by atoms with Crippen LogP contribution in [-0.4, -0.2) is 0 Å². The van der Waals surface area contributed by atoms with Gasteiger partial charge in [0, 0.05) is 11.1 Å². The highest BCUT2D eigenvalue weighted by atomic mass is 35.5. The molecule has 0 amide bonds. The fraction of sp³-hybridized carbons (Fsp3) is 0.250.